The molecule has 1 aliphatic carbocycles. The zero-order chi connectivity index (χ0) is 11.1. The maximum Gasteiger partial charge on any atom is 0.314 e. The molecule has 0 atom stereocenters. The molecule has 88 valence electrons. The van der Waals surface area contributed by atoms with Crippen molar-refractivity contribution >= 4 is 6.03 Å². The quantitative estimate of drug-likeness (QED) is 0.576. The number of methoxy groups -OCH3 is 1. The van der Waals surface area contributed by atoms with Gasteiger partial charge in [0.25, 0.3) is 0 Å². The second-order valence-corrected chi connectivity index (χ2v) is 4.03. The number of urea groups is 1. The molecule has 1 rings (SSSR count). The third-order valence-corrected chi connectivity index (χ3v) is 2.70. The van der Waals surface area contributed by atoms with E-state index in [1.165, 1.54) is 0 Å². The van der Waals surface area contributed by atoms with E-state index in [1.807, 2.05) is 0 Å². The van der Waals surface area contributed by atoms with Crippen molar-refractivity contribution in [1.29, 1.82) is 0 Å². The Morgan fingerprint density at radius 3 is 2.67 bits per heavy atom. The molecule has 3 N–H and O–H groups in total. The molecule has 0 aromatic carbocycles. The summed E-state index contributed by atoms with van der Waals surface area (Å²) < 4.78 is 4.80. The summed E-state index contributed by atoms with van der Waals surface area (Å²) in [4.78, 5) is 11.2. The van der Waals surface area contributed by atoms with Crippen LogP contribution in [0, 0.1) is 0 Å². The van der Waals surface area contributed by atoms with E-state index in [0.717, 1.165) is 25.7 Å². The van der Waals surface area contributed by atoms with Gasteiger partial charge in [0.05, 0.1) is 12.2 Å². The third-order valence-electron chi connectivity index (χ3n) is 2.70. The number of carbonyl (C=O) groups is 1. The van der Waals surface area contributed by atoms with E-state index in [-0.39, 0.29) is 6.03 Å². The Bertz CT molecular complexity index is 203. The molecule has 0 aromatic heterocycles. The van der Waals surface area contributed by atoms with Crippen molar-refractivity contribution in [3.8, 4) is 0 Å². The lowest BCUT2D eigenvalue weighted by Gasteiger charge is -2.22. The fourth-order valence-corrected chi connectivity index (χ4v) is 1.78. The van der Waals surface area contributed by atoms with Gasteiger partial charge < -0.3 is 20.5 Å². The molecule has 0 saturated heterocycles. The van der Waals surface area contributed by atoms with Crippen LogP contribution in [0.25, 0.3) is 0 Å². The van der Waals surface area contributed by atoms with Gasteiger partial charge in [-0.15, -0.1) is 0 Å². The second-order valence-electron chi connectivity index (χ2n) is 4.03. The lowest BCUT2D eigenvalue weighted by Crippen LogP contribution is -2.45. The minimum absolute atomic E-state index is 0.243. The van der Waals surface area contributed by atoms with Crippen molar-refractivity contribution < 1.29 is 14.6 Å². The van der Waals surface area contributed by atoms with Crippen molar-refractivity contribution in [2.75, 3.05) is 26.8 Å². The van der Waals surface area contributed by atoms with E-state index in [1.54, 1.807) is 7.11 Å². The Labute approximate surface area is 90.2 Å². The van der Waals surface area contributed by atoms with E-state index in [9.17, 15) is 9.90 Å². The highest BCUT2D eigenvalue weighted by atomic mass is 16.5. The maximum atomic E-state index is 11.2. The molecule has 0 aliphatic heterocycles. The summed E-state index contributed by atoms with van der Waals surface area (Å²) >= 11 is 0. The van der Waals surface area contributed by atoms with Crippen LogP contribution in [0.5, 0.6) is 0 Å². The summed E-state index contributed by atoms with van der Waals surface area (Å²) in [5.74, 6) is 0. The number of ether oxygens (including phenoxy) is 1. The SMILES string of the molecule is COCCNC(=O)NCC1(O)CCCC1. The van der Waals surface area contributed by atoms with Crippen LogP contribution in [-0.4, -0.2) is 43.5 Å². The van der Waals surface area contributed by atoms with Crippen molar-refractivity contribution in [2.45, 2.75) is 31.3 Å². The standard InChI is InChI=1S/C10H20N2O3/c1-15-7-6-11-9(13)12-8-10(14)4-2-3-5-10/h14H,2-8H2,1H3,(H2,11,12,13). The molecule has 1 fully saturated rings. The number of amides is 2. The van der Waals surface area contributed by atoms with Gasteiger partial charge in [-0.25, -0.2) is 4.79 Å². The molecular formula is C10H20N2O3. The minimum Gasteiger partial charge on any atom is -0.388 e. The first-order valence-corrected chi connectivity index (χ1v) is 5.39. The van der Waals surface area contributed by atoms with Gasteiger partial charge in [-0.3, -0.25) is 0 Å². The third kappa shape index (κ3) is 4.48. The smallest absolute Gasteiger partial charge is 0.314 e. The lowest BCUT2D eigenvalue weighted by atomic mass is 10.0. The Morgan fingerprint density at radius 1 is 1.40 bits per heavy atom. The van der Waals surface area contributed by atoms with Gasteiger partial charge in [0.1, 0.15) is 0 Å². The first kappa shape index (κ1) is 12.3. The Morgan fingerprint density at radius 2 is 2.07 bits per heavy atom. The highest BCUT2D eigenvalue weighted by molar-refractivity contribution is 5.73. The summed E-state index contributed by atoms with van der Waals surface area (Å²) in [6, 6.07) is -0.243. The molecular weight excluding hydrogens is 196 g/mol. The number of nitrogens with one attached hydrogen (secondary N) is 2. The average molecular weight is 216 g/mol. The van der Waals surface area contributed by atoms with Crippen LogP contribution in [0.3, 0.4) is 0 Å². The number of hydrogen-bond acceptors (Lipinski definition) is 3. The van der Waals surface area contributed by atoms with Gasteiger partial charge in [0, 0.05) is 20.2 Å². The van der Waals surface area contributed by atoms with E-state index < -0.39 is 5.60 Å². The van der Waals surface area contributed by atoms with E-state index in [4.69, 9.17) is 4.74 Å². The van der Waals surface area contributed by atoms with Gasteiger partial charge in [0.15, 0.2) is 0 Å². The Balaban J connectivity index is 2.10. The van der Waals surface area contributed by atoms with Crippen molar-refractivity contribution in [1.82, 2.24) is 10.6 Å². The van der Waals surface area contributed by atoms with Gasteiger partial charge >= 0.3 is 6.03 Å². The topological polar surface area (TPSA) is 70.6 Å². The predicted molar refractivity (Wildman–Crippen MR) is 56.7 cm³/mol. The first-order chi connectivity index (χ1) is 7.16. The lowest BCUT2D eigenvalue weighted by molar-refractivity contribution is 0.0500. The molecule has 0 spiro atoms. The molecule has 0 bridgehead atoms. The van der Waals surface area contributed by atoms with Crippen LogP contribution in [-0.2, 0) is 4.74 Å². The highest BCUT2D eigenvalue weighted by Gasteiger charge is 2.31. The summed E-state index contributed by atoms with van der Waals surface area (Å²) in [5, 5.41) is 15.3. The van der Waals surface area contributed by atoms with Gasteiger partial charge in [0.2, 0.25) is 0 Å². The molecule has 0 unspecified atom stereocenters. The zero-order valence-electron chi connectivity index (χ0n) is 9.21. The summed E-state index contributed by atoms with van der Waals surface area (Å²) in [5.41, 5.74) is -0.682. The van der Waals surface area contributed by atoms with Crippen LogP contribution < -0.4 is 10.6 Å². The molecule has 0 aromatic rings. The van der Waals surface area contributed by atoms with Crippen LogP contribution in [0.4, 0.5) is 4.79 Å². The summed E-state index contributed by atoms with van der Waals surface area (Å²) in [6.45, 7) is 1.32. The first-order valence-electron chi connectivity index (χ1n) is 5.39. The van der Waals surface area contributed by atoms with E-state index in [0.29, 0.717) is 19.7 Å². The zero-order valence-corrected chi connectivity index (χ0v) is 9.21. The Kier molecular flexibility index (Phi) is 4.84. The number of aliphatic hydroxyl groups is 1. The van der Waals surface area contributed by atoms with Gasteiger partial charge in [-0.1, -0.05) is 12.8 Å². The molecule has 5 heteroatoms. The summed E-state index contributed by atoms with van der Waals surface area (Å²) in [6.07, 6.45) is 3.66. The molecule has 1 saturated carbocycles. The van der Waals surface area contributed by atoms with Crippen LogP contribution in [0.2, 0.25) is 0 Å². The van der Waals surface area contributed by atoms with E-state index in [2.05, 4.69) is 10.6 Å². The number of carbonyl (C=O) groups excluding carboxylic acids is 1. The molecule has 5 nitrogen and oxygen atoms in total. The van der Waals surface area contributed by atoms with Crippen LogP contribution >= 0.6 is 0 Å². The number of rotatable bonds is 5. The largest absolute Gasteiger partial charge is 0.388 e. The fourth-order valence-electron chi connectivity index (χ4n) is 1.78. The number of hydrogen-bond donors (Lipinski definition) is 3. The van der Waals surface area contributed by atoms with Crippen LogP contribution in [0.15, 0.2) is 0 Å². The van der Waals surface area contributed by atoms with Gasteiger partial charge in [-0.05, 0) is 12.8 Å². The Hall–Kier alpha value is -0.810. The summed E-state index contributed by atoms with van der Waals surface area (Å²) in [7, 11) is 1.58. The van der Waals surface area contributed by atoms with Gasteiger partial charge in [-0.2, -0.15) is 0 Å². The molecule has 0 radical (unpaired) electrons. The average Bonchev–Trinajstić information content (AvgIpc) is 2.64. The van der Waals surface area contributed by atoms with Crippen molar-refractivity contribution in [2.24, 2.45) is 0 Å². The van der Waals surface area contributed by atoms with Crippen molar-refractivity contribution in [3.63, 3.8) is 0 Å². The predicted octanol–water partition coefficient (Wildman–Crippen LogP) is 0.237. The minimum atomic E-state index is -0.682. The maximum absolute atomic E-state index is 11.2. The van der Waals surface area contributed by atoms with Crippen LogP contribution in [0.1, 0.15) is 25.7 Å². The van der Waals surface area contributed by atoms with E-state index >= 15 is 0 Å². The molecule has 1 aliphatic rings. The second kappa shape index (κ2) is 5.92. The fraction of sp³-hybridized carbons (Fsp3) is 0.900. The molecule has 15 heavy (non-hydrogen) atoms. The highest BCUT2D eigenvalue weighted by Crippen LogP contribution is 2.28. The monoisotopic (exact) mass is 216 g/mol. The molecule has 2 amide bonds. The molecule has 0 heterocycles. The van der Waals surface area contributed by atoms with Crippen molar-refractivity contribution in [3.05, 3.63) is 0 Å². The normalized spacial score (nSPS) is 18.8.